The first-order valence-electron chi connectivity index (χ1n) is 20.3. The maximum absolute atomic E-state index is 12.0. The van der Waals surface area contributed by atoms with Crippen LogP contribution in [-0.4, -0.2) is 67.6 Å². The summed E-state index contributed by atoms with van der Waals surface area (Å²) in [6, 6.07) is 0. The molecule has 0 aromatic rings. The van der Waals surface area contributed by atoms with Crippen LogP contribution in [0.1, 0.15) is 126 Å². The SMILES string of the molecule is C=C(C)[C@@H]1CC[C@]2(NCCN3CCS(=O)(=O)CC3)CC[C@]3(C)[C@H](CCC4[C@@]5(C)CC=C(C6=CCC(C)(C(=O)O)CC6)C(C)(C)C5CC[C@]43C)C12. The summed E-state index contributed by atoms with van der Waals surface area (Å²) < 4.78 is 24.1. The highest BCUT2D eigenvalue weighted by molar-refractivity contribution is 7.91. The van der Waals surface area contributed by atoms with Crippen molar-refractivity contribution in [2.45, 2.75) is 131 Å². The lowest BCUT2D eigenvalue weighted by Crippen LogP contribution is -2.68. The highest BCUT2D eigenvalue weighted by Gasteiger charge is 2.70. The van der Waals surface area contributed by atoms with Gasteiger partial charge in [-0.2, -0.15) is 0 Å². The van der Waals surface area contributed by atoms with Gasteiger partial charge >= 0.3 is 5.97 Å². The zero-order valence-corrected chi connectivity index (χ0v) is 33.3. The van der Waals surface area contributed by atoms with Gasteiger partial charge in [-0.3, -0.25) is 4.79 Å². The molecule has 50 heavy (non-hydrogen) atoms. The summed E-state index contributed by atoms with van der Waals surface area (Å²) in [4.78, 5) is 14.3. The molecule has 0 radical (unpaired) electrons. The van der Waals surface area contributed by atoms with Gasteiger partial charge in [0, 0.05) is 31.7 Å². The van der Waals surface area contributed by atoms with Gasteiger partial charge in [-0.25, -0.2) is 8.42 Å². The van der Waals surface area contributed by atoms with Crippen molar-refractivity contribution in [2.75, 3.05) is 37.7 Å². The second-order valence-corrected chi connectivity index (χ2v) is 22.4. The van der Waals surface area contributed by atoms with E-state index in [4.69, 9.17) is 0 Å². The summed E-state index contributed by atoms with van der Waals surface area (Å²) in [7, 11) is -2.86. The van der Waals surface area contributed by atoms with E-state index in [0.29, 0.717) is 71.4 Å². The minimum absolute atomic E-state index is 0.0789. The molecular weight excluding hydrogens is 641 g/mol. The monoisotopic (exact) mass is 708 g/mol. The second-order valence-electron chi connectivity index (χ2n) is 20.1. The molecule has 5 fully saturated rings. The Morgan fingerprint density at radius 3 is 2.26 bits per heavy atom. The molecule has 0 bridgehead atoms. The van der Waals surface area contributed by atoms with Crippen molar-refractivity contribution in [2.24, 2.45) is 56.7 Å². The Labute approximate surface area is 304 Å². The molecule has 0 spiro atoms. The van der Waals surface area contributed by atoms with Crippen LogP contribution in [0.25, 0.3) is 0 Å². The summed E-state index contributed by atoms with van der Waals surface area (Å²) >= 11 is 0. The molecule has 1 saturated heterocycles. The van der Waals surface area contributed by atoms with Crippen molar-refractivity contribution < 1.29 is 18.3 Å². The normalized spacial score (nSPS) is 46.7. The third-order valence-corrected chi connectivity index (χ3v) is 19.2. The van der Waals surface area contributed by atoms with Gasteiger partial charge in [-0.05, 0) is 153 Å². The molecule has 2 N–H and O–H groups in total. The van der Waals surface area contributed by atoms with Crippen molar-refractivity contribution in [1.29, 1.82) is 0 Å². The van der Waals surface area contributed by atoms with Crippen LogP contribution in [0.3, 0.4) is 0 Å². The van der Waals surface area contributed by atoms with E-state index < -0.39 is 21.2 Å². The van der Waals surface area contributed by atoms with E-state index in [1.165, 1.54) is 68.1 Å². The van der Waals surface area contributed by atoms with Crippen molar-refractivity contribution in [1.82, 2.24) is 10.2 Å². The molecule has 4 unspecified atom stereocenters. The highest BCUT2D eigenvalue weighted by atomic mass is 32.2. The number of rotatable bonds is 7. The van der Waals surface area contributed by atoms with Crippen LogP contribution in [0, 0.1) is 56.7 Å². The zero-order chi connectivity index (χ0) is 36.1. The Morgan fingerprint density at radius 2 is 1.62 bits per heavy atom. The molecule has 1 aliphatic heterocycles. The van der Waals surface area contributed by atoms with Gasteiger partial charge in [0.15, 0.2) is 9.84 Å². The number of sulfone groups is 1. The van der Waals surface area contributed by atoms with Crippen molar-refractivity contribution in [3.05, 3.63) is 35.5 Å². The molecular formula is C43H68N2O4S. The number of hydrogen-bond acceptors (Lipinski definition) is 5. The minimum atomic E-state index is -2.86. The smallest absolute Gasteiger partial charge is 0.309 e. The number of nitrogens with one attached hydrogen (secondary N) is 1. The van der Waals surface area contributed by atoms with Crippen LogP contribution in [0.4, 0.5) is 0 Å². The van der Waals surface area contributed by atoms with Gasteiger partial charge < -0.3 is 15.3 Å². The van der Waals surface area contributed by atoms with E-state index in [2.05, 4.69) is 70.5 Å². The van der Waals surface area contributed by atoms with E-state index in [0.717, 1.165) is 32.4 Å². The third-order valence-electron chi connectivity index (χ3n) is 17.6. The molecule has 10 atom stereocenters. The van der Waals surface area contributed by atoms with Gasteiger partial charge in [0.05, 0.1) is 16.9 Å². The van der Waals surface area contributed by atoms with Gasteiger partial charge in [-0.1, -0.05) is 58.9 Å². The topological polar surface area (TPSA) is 86.7 Å². The van der Waals surface area contributed by atoms with Crippen LogP contribution >= 0.6 is 0 Å². The summed E-state index contributed by atoms with van der Waals surface area (Å²) in [6.45, 7) is 25.2. The fraction of sp³-hybridized carbons (Fsp3) is 0.837. The number of fused-ring (bicyclic) bond motifs is 7. The minimum Gasteiger partial charge on any atom is -0.481 e. The number of carbonyl (C=O) groups is 1. The van der Waals surface area contributed by atoms with Crippen LogP contribution in [0.2, 0.25) is 0 Å². The number of allylic oxidation sites excluding steroid dienone is 5. The molecule has 7 aliphatic rings. The largest absolute Gasteiger partial charge is 0.481 e. The van der Waals surface area contributed by atoms with Gasteiger partial charge in [0.25, 0.3) is 0 Å². The van der Waals surface area contributed by atoms with Crippen molar-refractivity contribution >= 4 is 15.8 Å². The van der Waals surface area contributed by atoms with Gasteiger partial charge in [0.2, 0.25) is 0 Å². The molecule has 0 aromatic heterocycles. The molecule has 0 amide bonds. The molecule has 4 saturated carbocycles. The number of nitrogens with zero attached hydrogens (tertiary/aromatic N) is 1. The highest BCUT2D eigenvalue weighted by Crippen LogP contribution is 2.76. The second kappa shape index (κ2) is 12.3. The van der Waals surface area contributed by atoms with E-state index >= 15 is 0 Å². The van der Waals surface area contributed by atoms with E-state index in [1.807, 2.05) is 6.92 Å². The maximum Gasteiger partial charge on any atom is 0.309 e. The lowest BCUT2D eigenvalue weighted by Gasteiger charge is -2.72. The zero-order valence-electron chi connectivity index (χ0n) is 32.5. The Bertz CT molecular complexity index is 1570. The lowest BCUT2D eigenvalue weighted by molar-refractivity contribution is -0.221. The van der Waals surface area contributed by atoms with E-state index in [1.54, 1.807) is 0 Å². The van der Waals surface area contributed by atoms with Gasteiger partial charge in [0.1, 0.15) is 0 Å². The molecule has 6 nitrogen and oxygen atoms in total. The molecule has 0 aromatic carbocycles. The summed E-state index contributed by atoms with van der Waals surface area (Å²) in [5, 5.41) is 14.1. The van der Waals surface area contributed by atoms with E-state index in [-0.39, 0.29) is 16.4 Å². The van der Waals surface area contributed by atoms with Crippen LogP contribution in [0.15, 0.2) is 35.5 Å². The standard InChI is InChI=1S/C43H68N2O4S/c1-29(2)31-13-20-43(44-23-24-45-25-27-50(48,49)28-26-45)22-21-41(7)33(36(31)43)9-10-35-40(6)18-14-32(30-11-16-39(5,17-12-30)37(46)47)38(3,4)34(40)15-19-42(35,41)8/h11,14,31,33-36,44H,1,9-10,12-13,15-28H2,2-8H3,(H,46,47)/t31-,33+,34?,35?,36?,39?,40-,41+,42+,43-/m0/s1. The number of aliphatic carboxylic acids is 1. The van der Waals surface area contributed by atoms with Crippen molar-refractivity contribution in [3.8, 4) is 0 Å². The first-order valence-corrected chi connectivity index (χ1v) is 22.1. The molecule has 1 heterocycles. The Hall–Kier alpha value is -1.44. The number of hydrogen-bond donors (Lipinski definition) is 2. The van der Waals surface area contributed by atoms with Gasteiger partial charge in [-0.15, -0.1) is 0 Å². The molecule has 280 valence electrons. The maximum atomic E-state index is 12.0. The molecule has 7 heteroatoms. The molecule has 6 aliphatic carbocycles. The lowest BCUT2D eigenvalue weighted by atomic mass is 9.33. The van der Waals surface area contributed by atoms with Crippen LogP contribution < -0.4 is 5.32 Å². The first kappa shape index (κ1) is 36.9. The van der Waals surface area contributed by atoms with E-state index in [9.17, 15) is 18.3 Å². The predicted molar refractivity (Wildman–Crippen MR) is 204 cm³/mol. The summed E-state index contributed by atoms with van der Waals surface area (Å²) in [5.41, 5.74) is 4.77. The van der Waals surface area contributed by atoms with Crippen LogP contribution in [-0.2, 0) is 14.6 Å². The fourth-order valence-electron chi connectivity index (χ4n) is 14.4. The average Bonchev–Trinajstić information content (AvgIpc) is 3.43. The quantitative estimate of drug-likeness (QED) is 0.258. The summed E-state index contributed by atoms with van der Waals surface area (Å²) in [6.07, 6.45) is 18.5. The fourth-order valence-corrected chi connectivity index (χ4v) is 15.7. The third kappa shape index (κ3) is 5.50. The number of carboxylic acids is 1. The molecule has 7 rings (SSSR count). The number of carboxylic acid groups (broad SMARTS) is 1. The Kier molecular flexibility index (Phi) is 9.08. The average molecular weight is 709 g/mol. The predicted octanol–water partition coefficient (Wildman–Crippen LogP) is 8.45. The Balaban J connectivity index is 1.13. The van der Waals surface area contributed by atoms with Crippen LogP contribution in [0.5, 0.6) is 0 Å². The van der Waals surface area contributed by atoms with Crippen molar-refractivity contribution in [3.63, 3.8) is 0 Å². The Morgan fingerprint density at radius 1 is 0.900 bits per heavy atom. The first-order chi connectivity index (χ1) is 23.3. The summed E-state index contributed by atoms with van der Waals surface area (Å²) in [5.74, 6) is 3.15.